The van der Waals surface area contributed by atoms with Crippen LogP contribution >= 0.6 is 27.5 Å². The van der Waals surface area contributed by atoms with Gasteiger partial charge in [0.2, 0.25) is 0 Å². The molecule has 6 heteroatoms. The van der Waals surface area contributed by atoms with Crippen molar-refractivity contribution >= 4 is 33.2 Å². The van der Waals surface area contributed by atoms with Crippen LogP contribution in [0.5, 0.6) is 0 Å². The van der Waals surface area contributed by atoms with Crippen molar-refractivity contribution in [3.05, 3.63) is 46.2 Å². The van der Waals surface area contributed by atoms with Crippen LogP contribution in [-0.2, 0) is 0 Å². The highest BCUT2D eigenvalue weighted by Crippen LogP contribution is 2.24. The molecule has 0 saturated carbocycles. The Labute approximate surface area is 113 Å². The van der Waals surface area contributed by atoms with Gasteiger partial charge >= 0.3 is 0 Å². The smallest absolute Gasteiger partial charge is 0.143 e. The number of pyridine rings is 1. The molecule has 0 fully saturated rings. The number of rotatable bonds is 3. The van der Waals surface area contributed by atoms with Gasteiger partial charge in [0, 0.05) is 12.4 Å². The zero-order valence-corrected chi connectivity index (χ0v) is 11.4. The molecule has 2 heterocycles. The number of hydrogen-bond acceptors (Lipinski definition) is 4. The summed E-state index contributed by atoms with van der Waals surface area (Å²) in [5.74, 6) is 0. The molecule has 2 aromatic heterocycles. The molecule has 0 aliphatic heterocycles. The Morgan fingerprint density at radius 2 is 2.12 bits per heavy atom. The highest BCUT2D eigenvalue weighted by molar-refractivity contribution is 9.10. The predicted molar refractivity (Wildman–Crippen MR) is 71.0 cm³/mol. The van der Waals surface area contributed by atoms with Crippen LogP contribution in [0.25, 0.3) is 0 Å². The molecule has 1 unspecified atom stereocenters. The van der Waals surface area contributed by atoms with Gasteiger partial charge in [-0.05, 0) is 28.9 Å². The number of anilines is 1. The largest absolute Gasteiger partial charge is 0.376 e. The predicted octanol–water partition coefficient (Wildman–Crippen LogP) is 3.46. The lowest BCUT2D eigenvalue weighted by Gasteiger charge is -2.14. The second-order valence-electron chi connectivity index (χ2n) is 3.49. The Bertz CT molecular complexity index is 506. The van der Waals surface area contributed by atoms with Crippen molar-refractivity contribution in [2.75, 3.05) is 5.32 Å². The summed E-state index contributed by atoms with van der Waals surface area (Å²) in [7, 11) is 0. The number of hydrogen-bond donors (Lipinski definition) is 1. The summed E-state index contributed by atoms with van der Waals surface area (Å²) < 4.78 is 0.760. The molecule has 0 radical (unpaired) electrons. The van der Waals surface area contributed by atoms with E-state index in [0.29, 0.717) is 5.15 Å². The monoisotopic (exact) mass is 312 g/mol. The molecule has 0 saturated heterocycles. The third kappa shape index (κ3) is 3.14. The molecule has 0 spiro atoms. The first kappa shape index (κ1) is 12.3. The SMILES string of the molecule is CC(Nc1cnc(Cl)c(Br)c1)c1cnccn1. The van der Waals surface area contributed by atoms with E-state index in [1.54, 1.807) is 24.8 Å². The quantitative estimate of drug-likeness (QED) is 0.882. The van der Waals surface area contributed by atoms with E-state index in [1.165, 1.54) is 0 Å². The summed E-state index contributed by atoms with van der Waals surface area (Å²) in [6.07, 6.45) is 6.73. The lowest BCUT2D eigenvalue weighted by molar-refractivity contribution is 0.826. The third-order valence-electron chi connectivity index (χ3n) is 2.21. The van der Waals surface area contributed by atoms with Gasteiger partial charge in [-0.2, -0.15) is 0 Å². The molecule has 0 aliphatic rings. The highest BCUT2D eigenvalue weighted by Gasteiger charge is 2.08. The third-order valence-corrected chi connectivity index (χ3v) is 3.34. The van der Waals surface area contributed by atoms with E-state index >= 15 is 0 Å². The van der Waals surface area contributed by atoms with Gasteiger partial charge in [0.05, 0.1) is 34.3 Å². The molecular weight excluding hydrogens is 304 g/mol. The van der Waals surface area contributed by atoms with Gasteiger partial charge in [0.25, 0.3) is 0 Å². The molecule has 1 atom stereocenters. The van der Waals surface area contributed by atoms with Crippen LogP contribution in [0.15, 0.2) is 35.3 Å². The molecule has 0 bridgehead atoms. The molecule has 0 aliphatic carbocycles. The fraction of sp³-hybridized carbons (Fsp3) is 0.182. The van der Waals surface area contributed by atoms with Gasteiger partial charge in [-0.3, -0.25) is 9.97 Å². The van der Waals surface area contributed by atoms with E-state index in [1.807, 2.05) is 13.0 Å². The molecule has 2 aromatic rings. The molecule has 0 amide bonds. The maximum atomic E-state index is 5.83. The van der Waals surface area contributed by atoms with Crippen LogP contribution in [0.4, 0.5) is 5.69 Å². The van der Waals surface area contributed by atoms with Crippen molar-refractivity contribution in [1.29, 1.82) is 0 Å². The van der Waals surface area contributed by atoms with Crippen LogP contribution in [0, 0.1) is 0 Å². The summed E-state index contributed by atoms with van der Waals surface area (Å²) in [6, 6.07) is 1.93. The van der Waals surface area contributed by atoms with Crippen molar-refractivity contribution < 1.29 is 0 Å². The van der Waals surface area contributed by atoms with E-state index in [9.17, 15) is 0 Å². The van der Waals surface area contributed by atoms with Gasteiger partial charge in [0.1, 0.15) is 5.15 Å². The fourth-order valence-corrected chi connectivity index (χ4v) is 1.81. The van der Waals surface area contributed by atoms with Crippen molar-refractivity contribution in [2.45, 2.75) is 13.0 Å². The van der Waals surface area contributed by atoms with Gasteiger partial charge in [-0.15, -0.1) is 0 Å². The van der Waals surface area contributed by atoms with E-state index in [-0.39, 0.29) is 6.04 Å². The minimum Gasteiger partial charge on any atom is -0.376 e. The lowest BCUT2D eigenvalue weighted by Crippen LogP contribution is -2.08. The first-order chi connectivity index (χ1) is 8.16. The van der Waals surface area contributed by atoms with E-state index < -0.39 is 0 Å². The van der Waals surface area contributed by atoms with E-state index in [2.05, 4.69) is 36.2 Å². The van der Waals surface area contributed by atoms with Crippen LogP contribution in [0.3, 0.4) is 0 Å². The molecule has 88 valence electrons. The molecule has 2 rings (SSSR count). The molecule has 4 nitrogen and oxygen atoms in total. The average Bonchev–Trinajstić information content (AvgIpc) is 2.35. The highest BCUT2D eigenvalue weighted by atomic mass is 79.9. The zero-order valence-electron chi connectivity index (χ0n) is 9.06. The Morgan fingerprint density at radius 3 is 2.76 bits per heavy atom. The maximum absolute atomic E-state index is 5.83. The van der Waals surface area contributed by atoms with E-state index in [4.69, 9.17) is 11.6 Å². The topological polar surface area (TPSA) is 50.7 Å². The molecule has 1 N–H and O–H groups in total. The Morgan fingerprint density at radius 1 is 1.29 bits per heavy atom. The average molecular weight is 314 g/mol. The second kappa shape index (κ2) is 5.42. The standard InChI is InChI=1S/C11H10BrClN4/c1-7(10-6-14-2-3-15-10)17-8-4-9(12)11(13)16-5-8/h2-7,17H,1H3. The lowest BCUT2D eigenvalue weighted by atomic mass is 10.2. The number of nitrogens with zero attached hydrogens (tertiary/aromatic N) is 3. The van der Waals surface area contributed by atoms with Crippen LogP contribution < -0.4 is 5.32 Å². The Balaban J connectivity index is 2.13. The van der Waals surface area contributed by atoms with Gasteiger partial charge in [-0.1, -0.05) is 11.6 Å². The minimum absolute atomic E-state index is 0.0542. The first-order valence-electron chi connectivity index (χ1n) is 5.00. The summed E-state index contributed by atoms with van der Waals surface area (Å²) in [4.78, 5) is 12.3. The zero-order chi connectivity index (χ0) is 12.3. The summed E-state index contributed by atoms with van der Waals surface area (Å²) in [5, 5.41) is 3.72. The van der Waals surface area contributed by atoms with Crippen molar-refractivity contribution in [2.24, 2.45) is 0 Å². The normalized spacial score (nSPS) is 12.2. The molecule has 17 heavy (non-hydrogen) atoms. The van der Waals surface area contributed by atoms with Crippen molar-refractivity contribution in [3.63, 3.8) is 0 Å². The molecule has 0 aromatic carbocycles. The van der Waals surface area contributed by atoms with Crippen molar-refractivity contribution in [1.82, 2.24) is 15.0 Å². The number of nitrogens with one attached hydrogen (secondary N) is 1. The summed E-state index contributed by atoms with van der Waals surface area (Å²) >= 11 is 9.16. The van der Waals surface area contributed by atoms with Crippen LogP contribution in [0.2, 0.25) is 5.15 Å². The van der Waals surface area contributed by atoms with Gasteiger partial charge in [0.15, 0.2) is 0 Å². The minimum atomic E-state index is 0.0542. The number of aromatic nitrogens is 3. The van der Waals surface area contributed by atoms with E-state index in [0.717, 1.165) is 15.9 Å². The fourth-order valence-electron chi connectivity index (χ4n) is 1.36. The maximum Gasteiger partial charge on any atom is 0.143 e. The molecular formula is C11H10BrClN4. The van der Waals surface area contributed by atoms with Crippen LogP contribution in [-0.4, -0.2) is 15.0 Å². The Hall–Kier alpha value is -1.20. The van der Waals surface area contributed by atoms with Crippen LogP contribution in [0.1, 0.15) is 18.7 Å². The first-order valence-corrected chi connectivity index (χ1v) is 6.17. The van der Waals surface area contributed by atoms with Gasteiger partial charge < -0.3 is 5.32 Å². The van der Waals surface area contributed by atoms with Gasteiger partial charge in [-0.25, -0.2) is 4.98 Å². The number of halogens is 2. The van der Waals surface area contributed by atoms with Crippen molar-refractivity contribution in [3.8, 4) is 0 Å². The summed E-state index contributed by atoms with van der Waals surface area (Å²) in [6.45, 7) is 2.01. The second-order valence-corrected chi connectivity index (χ2v) is 4.71. The summed E-state index contributed by atoms with van der Waals surface area (Å²) in [5.41, 5.74) is 1.75. The Kier molecular flexibility index (Phi) is 3.91.